The molecule has 2 bridgehead atoms. The Bertz CT molecular complexity index is 913. The van der Waals surface area contributed by atoms with E-state index in [1.165, 1.54) is 6.42 Å². The Hall–Kier alpha value is -1.40. The van der Waals surface area contributed by atoms with Crippen molar-refractivity contribution >= 4 is 15.9 Å². The first-order chi connectivity index (χ1) is 13.6. The highest BCUT2D eigenvalue weighted by atomic mass is 32.2. The van der Waals surface area contributed by atoms with Crippen LogP contribution in [0, 0.1) is 23.7 Å². The minimum Gasteiger partial charge on any atom is -0.348 e. The van der Waals surface area contributed by atoms with Gasteiger partial charge in [0.25, 0.3) is 5.91 Å². The summed E-state index contributed by atoms with van der Waals surface area (Å²) in [6.45, 7) is 9.73. The number of sulfonamides is 1. The summed E-state index contributed by atoms with van der Waals surface area (Å²) in [4.78, 5) is 13.4. The highest BCUT2D eigenvalue weighted by Gasteiger charge is 2.59. The summed E-state index contributed by atoms with van der Waals surface area (Å²) < 4.78 is 27.9. The Kier molecular flexibility index (Phi) is 5.10. The molecule has 3 fully saturated rings. The van der Waals surface area contributed by atoms with Crippen LogP contribution in [0.25, 0.3) is 0 Å². The monoisotopic (exact) mass is 418 g/mol. The standard InChI is InChI=1S/C23H34N2O3S/c1-16-8-9-17(14-19(16)29(27,28)25-12-6-5-7-13-25)20(26)24-21-22(2,3)18-10-11-23(21,4)15-18/h8-9,14,18,21H,5-7,10-13,15H2,1-4H3,(H,24,26)/t18-,21+,23?/m0/s1. The summed E-state index contributed by atoms with van der Waals surface area (Å²) in [5.74, 6) is 0.484. The Balaban J connectivity index is 1.60. The molecule has 6 heteroatoms. The predicted molar refractivity (Wildman–Crippen MR) is 114 cm³/mol. The molecule has 0 aromatic heterocycles. The van der Waals surface area contributed by atoms with Gasteiger partial charge in [0.2, 0.25) is 10.0 Å². The molecule has 29 heavy (non-hydrogen) atoms. The molecule has 1 heterocycles. The molecular formula is C23H34N2O3S. The van der Waals surface area contributed by atoms with Crippen LogP contribution < -0.4 is 5.32 Å². The fraction of sp³-hybridized carbons (Fsp3) is 0.696. The summed E-state index contributed by atoms with van der Waals surface area (Å²) >= 11 is 0. The third-order valence-electron chi connectivity index (χ3n) is 7.93. The summed E-state index contributed by atoms with van der Waals surface area (Å²) in [5, 5.41) is 3.29. The number of carbonyl (C=O) groups excluding carboxylic acids is 1. The summed E-state index contributed by atoms with van der Waals surface area (Å²) in [6, 6.07) is 5.21. The van der Waals surface area contributed by atoms with E-state index in [9.17, 15) is 13.2 Å². The van der Waals surface area contributed by atoms with E-state index in [-0.39, 0.29) is 27.7 Å². The van der Waals surface area contributed by atoms with Crippen LogP contribution in [-0.2, 0) is 10.0 Å². The molecule has 5 nitrogen and oxygen atoms in total. The van der Waals surface area contributed by atoms with Gasteiger partial charge in [-0.1, -0.05) is 33.3 Å². The second kappa shape index (κ2) is 7.09. The molecule has 1 unspecified atom stereocenters. The number of nitrogens with one attached hydrogen (secondary N) is 1. The molecule has 1 amide bonds. The molecular weight excluding hydrogens is 384 g/mol. The molecule has 2 aliphatic carbocycles. The lowest BCUT2D eigenvalue weighted by atomic mass is 9.68. The molecule has 3 atom stereocenters. The maximum atomic E-state index is 13.2. The van der Waals surface area contributed by atoms with Gasteiger partial charge < -0.3 is 5.32 Å². The van der Waals surface area contributed by atoms with Crippen molar-refractivity contribution in [3.05, 3.63) is 29.3 Å². The first-order valence-electron chi connectivity index (χ1n) is 11.0. The number of carbonyl (C=O) groups is 1. The van der Waals surface area contributed by atoms with Gasteiger partial charge in [-0.15, -0.1) is 0 Å². The van der Waals surface area contributed by atoms with E-state index in [1.54, 1.807) is 29.4 Å². The molecule has 1 saturated heterocycles. The second-order valence-corrected chi connectivity index (χ2v) is 12.2. The van der Waals surface area contributed by atoms with Gasteiger partial charge in [0.1, 0.15) is 0 Å². The minimum absolute atomic E-state index is 0.0655. The number of amides is 1. The molecule has 1 N–H and O–H groups in total. The Morgan fingerprint density at radius 1 is 1.14 bits per heavy atom. The highest BCUT2D eigenvalue weighted by Crippen LogP contribution is 2.62. The maximum Gasteiger partial charge on any atom is 0.251 e. The molecule has 1 aromatic rings. The number of hydrogen-bond donors (Lipinski definition) is 1. The summed E-state index contributed by atoms with van der Waals surface area (Å²) in [5.41, 5.74) is 1.33. The van der Waals surface area contributed by atoms with Crippen LogP contribution in [-0.4, -0.2) is 37.8 Å². The smallest absolute Gasteiger partial charge is 0.251 e. The zero-order chi connectivity index (χ0) is 21.0. The normalized spacial score (nSPS) is 31.7. The minimum atomic E-state index is -3.57. The lowest BCUT2D eigenvalue weighted by molar-refractivity contribution is 0.0737. The molecule has 0 spiro atoms. The van der Waals surface area contributed by atoms with E-state index in [0.29, 0.717) is 30.1 Å². The third-order valence-corrected chi connectivity index (χ3v) is 9.97. The van der Waals surface area contributed by atoms with Gasteiger partial charge in [0, 0.05) is 24.7 Å². The van der Waals surface area contributed by atoms with E-state index in [0.717, 1.165) is 32.1 Å². The Morgan fingerprint density at radius 3 is 2.45 bits per heavy atom. The molecule has 4 rings (SSSR count). The van der Waals surface area contributed by atoms with Crippen LogP contribution in [0.1, 0.15) is 75.2 Å². The topological polar surface area (TPSA) is 66.5 Å². The number of aryl methyl sites for hydroxylation is 1. The Morgan fingerprint density at radius 2 is 1.83 bits per heavy atom. The van der Waals surface area contributed by atoms with Gasteiger partial charge >= 0.3 is 0 Å². The van der Waals surface area contributed by atoms with Crippen molar-refractivity contribution in [2.45, 2.75) is 77.2 Å². The average Bonchev–Trinajstić information content (AvgIpc) is 3.17. The summed E-state index contributed by atoms with van der Waals surface area (Å²) in [7, 11) is -3.57. The van der Waals surface area contributed by atoms with E-state index < -0.39 is 10.0 Å². The van der Waals surface area contributed by atoms with Crippen LogP contribution in [0.5, 0.6) is 0 Å². The first kappa shape index (κ1) is 20.9. The zero-order valence-electron chi connectivity index (χ0n) is 18.1. The summed E-state index contributed by atoms with van der Waals surface area (Å²) in [6.07, 6.45) is 6.41. The molecule has 1 aliphatic heterocycles. The van der Waals surface area contributed by atoms with Crippen molar-refractivity contribution in [2.24, 2.45) is 16.7 Å². The van der Waals surface area contributed by atoms with Gasteiger partial charge in [-0.05, 0) is 73.5 Å². The number of nitrogens with zero attached hydrogens (tertiary/aromatic N) is 1. The lowest BCUT2D eigenvalue weighted by Gasteiger charge is -2.43. The number of rotatable bonds is 4. The quantitative estimate of drug-likeness (QED) is 0.800. The van der Waals surface area contributed by atoms with Gasteiger partial charge in [-0.3, -0.25) is 4.79 Å². The fourth-order valence-corrected chi connectivity index (χ4v) is 7.91. The number of piperidine rings is 1. The zero-order valence-corrected chi connectivity index (χ0v) is 18.9. The average molecular weight is 419 g/mol. The molecule has 3 aliphatic rings. The van der Waals surface area contributed by atoms with Crippen molar-refractivity contribution in [2.75, 3.05) is 13.1 Å². The second-order valence-electron chi connectivity index (χ2n) is 10.3. The number of benzene rings is 1. The van der Waals surface area contributed by atoms with Crippen LogP contribution >= 0.6 is 0 Å². The molecule has 160 valence electrons. The third kappa shape index (κ3) is 3.42. The van der Waals surface area contributed by atoms with Crippen molar-refractivity contribution in [3.8, 4) is 0 Å². The fourth-order valence-electron chi connectivity index (χ4n) is 6.14. The Labute approximate surface area is 175 Å². The van der Waals surface area contributed by atoms with E-state index >= 15 is 0 Å². The molecule has 1 aromatic carbocycles. The van der Waals surface area contributed by atoms with Crippen LogP contribution in [0.2, 0.25) is 0 Å². The van der Waals surface area contributed by atoms with E-state index in [1.807, 2.05) is 0 Å². The van der Waals surface area contributed by atoms with Crippen molar-refractivity contribution in [3.63, 3.8) is 0 Å². The van der Waals surface area contributed by atoms with Crippen molar-refractivity contribution in [1.29, 1.82) is 0 Å². The van der Waals surface area contributed by atoms with Gasteiger partial charge in [-0.25, -0.2) is 8.42 Å². The van der Waals surface area contributed by atoms with Gasteiger partial charge in [-0.2, -0.15) is 4.31 Å². The predicted octanol–water partition coefficient (Wildman–Crippen LogP) is 4.11. The SMILES string of the molecule is Cc1ccc(C(=O)N[C@H]2C3(C)CC[C@@H](C3)C2(C)C)cc1S(=O)(=O)N1CCCCC1. The van der Waals surface area contributed by atoms with Crippen molar-refractivity contribution in [1.82, 2.24) is 9.62 Å². The van der Waals surface area contributed by atoms with E-state index in [4.69, 9.17) is 0 Å². The van der Waals surface area contributed by atoms with Crippen molar-refractivity contribution < 1.29 is 13.2 Å². The van der Waals surface area contributed by atoms with E-state index in [2.05, 4.69) is 26.1 Å². The molecule has 2 saturated carbocycles. The highest BCUT2D eigenvalue weighted by molar-refractivity contribution is 7.89. The number of fused-ring (bicyclic) bond motifs is 2. The number of hydrogen-bond acceptors (Lipinski definition) is 3. The first-order valence-corrected chi connectivity index (χ1v) is 12.4. The maximum absolute atomic E-state index is 13.2. The van der Waals surface area contributed by atoms with Crippen LogP contribution in [0.4, 0.5) is 0 Å². The van der Waals surface area contributed by atoms with Crippen LogP contribution in [0.15, 0.2) is 23.1 Å². The molecule has 0 radical (unpaired) electrons. The largest absolute Gasteiger partial charge is 0.348 e. The lowest BCUT2D eigenvalue weighted by Crippen LogP contribution is -2.52. The van der Waals surface area contributed by atoms with Crippen LogP contribution in [0.3, 0.4) is 0 Å². The van der Waals surface area contributed by atoms with Gasteiger partial charge in [0.05, 0.1) is 4.90 Å². The van der Waals surface area contributed by atoms with Gasteiger partial charge in [0.15, 0.2) is 0 Å².